The first kappa shape index (κ1) is 9.72. The fraction of sp³-hybridized carbons (Fsp3) is 0.833. The van der Waals surface area contributed by atoms with E-state index in [1.807, 2.05) is 0 Å². The van der Waals surface area contributed by atoms with Crippen LogP contribution in [0.4, 0.5) is 0 Å². The molecule has 60 valence electrons. The topological polar surface area (TPSA) is 46.5 Å². The molecule has 4 heteroatoms. The van der Waals surface area contributed by atoms with Crippen LogP contribution in [-0.2, 0) is 9.53 Å². The Morgan fingerprint density at radius 3 is 2.10 bits per heavy atom. The second kappa shape index (κ2) is 6.83. The Labute approximate surface area is 64.9 Å². The Morgan fingerprint density at radius 2 is 1.90 bits per heavy atom. The van der Waals surface area contributed by atoms with E-state index < -0.39 is 0 Å². The number of carboxylic acid groups (broad SMARTS) is 1. The highest BCUT2D eigenvalue weighted by atomic mass is 35.5. The monoisotopic (exact) mass is 166 g/mol. The van der Waals surface area contributed by atoms with E-state index in [0.717, 1.165) is 26.1 Å². The molecule has 1 heterocycles. The van der Waals surface area contributed by atoms with E-state index in [4.69, 9.17) is 26.2 Å². The van der Waals surface area contributed by atoms with Gasteiger partial charge in [0.05, 0.1) is 0 Å². The summed E-state index contributed by atoms with van der Waals surface area (Å²) in [5, 5.41) is 7.27. The molecule has 0 aliphatic carbocycles. The molecule has 0 aromatic rings. The normalized spacial score (nSPS) is 18.9. The van der Waals surface area contributed by atoms with Gasteiger partial charge in [-0.15, -0.1) is 11.6 Å². The highest BCUT2D eigenvalue weighted by Gasteiger charge is 2.08. The van der Waals surface area contributed by atoms with Crippen LogP contribution in [0.15, 0.2) is 0 Å². The number of hydrogen-bond donors (Lipinski definition) is 1. The average Bonchev–Trinajstić information content (AvgIpc) is 1.91. The molecular weight excluding hydrogens is 156 g/mol. The molecule has 0 aromatic carbocycles. The lowest BCUT2D eigenvalue weighted by molar-refractivity contribution is -0.122. The molecule has 0 unspecified atom stereocenters. The number of alkyl halides is 1. The fourth-order valence-electron chi connectivity index (χ4n) is 0.669. The number of ether oxygens (including phenoxy) is 1. The molecule has 0 radical (unpaired) electrons. The minimum absolute atomic E-state index is 0.250. The zero-order valence-corrected chi connectivity index (χ0v) is 6.38. The van der Waals surface area contributed by atoms with Crippen LogP contribution < -0.4 is 0 Å². The van der Waals surface area contributed by atoms with Crippen molar-refractivity contribution in [2.24, 2.45) is 0 Å². The molecule has 1 fully saturated rings. The molecule has 0 bridgehead atoms. The van der Waals surface area contributed by atoms with Crippen LogP contribution in [0.3, 0.4) is 0 Å². The van der Waals surface area contributed by atoms with Gasteiger partial charge in [-0.25, -0.2) is 0 Å². The van der Waals surface area contributed by atoms with Crippen molar-refractivity contribution < 1.29 is 14.6 Å². The van der Waals surface area contributed by atoms with Gasteiger partial charge in [-0.05, 0) is 12.8 Å². The molecule has 0 atom stereocenters. The highest BCUT2D eigenvalue weighted by molar-refractivity contribution is 6.20. The van der Waals surface area contributed by atoms with Crippen LogP contribution in [0, 0.1) is 0 Å². The molecule has 1 aliphatic heterocycles. The zero-order valence-electron chi connectivity index (χ0n) is 5.62. The van der Waals surface area contributed by atoms with Gasteiger partial charge < -0.3 is 9.84 Å². The van der Waals surface area contributed by atoms with Gasteiger partial charge in [0.25, 0.3) is 6.47 Å². The van der Waals surface area contributed by atoms with Crippen molar-refractivity contribution in [3.8, 4) is 0 Å². The first-order valence-electron chi connectivity index (χ1n) is 3.11. The van der Waals surface area contributed by atoms with Gasteiger partial charge in [-0.3, -0.25) is 4.79 Å². The lowest BCUT2D eigenvalue weighted by atomic mass is 10.2. The van der Waals surface area contributed by atoms with Crippen LogP contribution >= 0.6 is 11.6 Å². The number of hydrogen-bond acceptors (Lipinski definition) is 2. The lowest BCUT2D eigenvalue weighted by Gasteiger charge is -2.14. The highest BCUT2D eigenvalue weighted by Crippen LogP contribution is 2.11. The summed E-state index contributed by atoms with van der Waals surface area (Å²) in [7, 11) is 0. The Morgan fingerprint density at radius 1 is 1.50 bits per heavy atom. The molecule has 0 spiro atoms. The van der Waals surface area contributed by atoms with Crippen molar-refractivity contribution in [3.05, 3.63) is 0 Å². The zero-order chi connectivity index (χ0) is 7.82. The van der Waals surface area contributed by atoms with E-state index in [-0.39, 0.29) is 6.47 Å². The third kappa shape index (κ3) is 5.85. The molecule has 0 saturated carbocycles. The summed E-state index contributed by atoms with van der Waals surface area (Å²) >= 11 is 5.74. The number of halogens is 1. The summed E-state index contributed by atoms with van der Waals surface area (Å²) in [4.78, 5) is 8.36. The largest absolute Gasteiger partial charge is 0.483 e. The van der Waals surface area contributed by atoms with Crippen molar-refractivity contribution >= 4 is 18.1 Å². The molecule has 1 aliphatic rings. The summed E-state index contributed by atoms with van der Waals surface area (Å²) < 4.78 is 5.06. The summed E-state index contributed by atoms with van der Waals surface area (Å²) in [5.41, 5.74) is 0. The smallest absolute Gasteiger partial charge is 0.290 e. The molecule has 0 aromatic heterocycles. The van der Waals surface area contributed by atoms with E-state index in [0.29, 0.717) is 5.38 Å². The quantitative estimate of drug-likeness (QED) is 0.433. The lowest BCUT2D eigenvalue weighted by Crippen LogP contribution is -2.14. The molecule has 0 amide bonds. The molecule has 1 N–H and O–H groups in total. The maximum absolute atomic E-state index is 8.36. The van der Waals surface area contributed by atoms with E-state index in [1.54, 1.807) is 0 Å². The van der Waals surface area contributed by atoms with Gasteiger partial charge in [-0.2, -0.15) is 0 Å². The van der Waals surface area contributed by atoms with Crippen LogP contribution in [0.2, 0.25) is 0 Å². The molecular formula is C6H11ClO3. The first-order chi connectivity index (χ1) is 4.81. The third-order valence-corrected chi connectivity index (χ3v) is 1.59. The van der Waals surface area contributed by atoms with E-state index in [1.165, 1.54) is 0 Å². The summed E-state index contributed by atoms with van der Waals surface area (Å²) in [6.45, 7) is 1.46. The van der Waals surface area contributed by atoms with Crippen LogP contribution in [-0.4, -0.2) is 30.2 Å². The van der Waals surface area contributed by atoms with Crippen LogP contribution in [0.1, 0.15) is 12.8 Å². The number of rotatable bonds is 0. The fourth-order valence-corrected chi connectivity index (χ4v) is 0.847. The SMILES string of the molecule is ClC1CCOCC1.O=CO. The first-order valence-corrected chi connectivity index (χ1v) is 3.54. The summed E-state index contributed by atoms with van der Waals surface area (Å²) in [6.07, 6.45) is 2.06. The van der Waals surface area contributed by atoms with Crippen molar-refractivity contribution in [1.29, 1.82) is 0 Å². The Kier molecular flexibility index (Phi) is 6.64. The molecule has 1 rings (SSSR count). The summed E-state index contributed by atoms with van der Waals surface area (Å²) in [6, 6.07) is 0. The van der Waals surface area contributed by atoms with Crippen LogP contribution in [0.5, 0.6) is 0 Å². The van der Waals surface area contributed by atoms with E-state index in [9.17, 15) is 0 Å². The second-order valence-corrected chi connectivity index (χ2v) is 2.51. The van der Waals surface area contributed by atoms with Crippen molar-refractivity contribution in [1.82, 2.24) is 0 Å². The van der Waals surface area contributed by atoms with E-state index in [2.05, 4.69) is 0 Å². The van der Waals surface area contributed by atoms with Gasteiger partial charge >= 0.3 is 0 Å². The van der Waals surface area contributed by atoms with Crippen molar-refractivity contribution in [2.75, 3.05) is 13.2 Å². The minimum atomic E-state index is -0.250. The Hall–Kier alpha value is -0.280. The maximum atomic E-state index is 8.36. The predicted molar refractivity (Wildman–Crippen MR) is 38.4 cm³/mol. The predicted octanol–water partition coefficient (Wildman–Crippen LogP) is 1.10. The molecule has 3 nitrogen and oxygen atoms in total. The van der Waals surface area contributed by atoms with Gasteiger partial charge in [0.2, 0.25) is 0 Å². The third-order valence-electron chi connectivity index (χ3n) is 1.15. The van der Waals surface area contributed by atoms with Crippen LogP contribution in [0.25, 0.3) is 0 Å². The second-order valence-electron chi connectivity index (χ2n) is 1.89. The van der Waals surface area contributed by atoms with E-state index >= 15 is 0 Å². The van der Waals surface area contributed by atoms with Gasteiger partial charge in [0.1, 0.15) is 0 Å². The van der Waals surface area contributed by atoms with Crippen molar-refractivity contribution in [3.63, 3.8) is 0 Å². The Balaban J connectivity index is 0.000000236. The molecule has 1 saturated heterocycles. The summed E-state index contributed by atoms with van der Waals surface area (Å²) in [5.74, 6) is 0. The number of carbonyl (C=O) groups is 1. The minimum Gasteiger partial charge on any atom is -0.483 e. The van der Waals surface area contributed by atoms with Gasteiger partial charge in [0.15, 0.2) is 0 Å². The maximum Gasteiger partial charge on any atom is 0.290 e. The van der Waals surface area contributed by atoms with Crippen molar-refractivity contribution in [2.45, 2.75) is 18.2 Å². The average molecular weight is 167 g/mol. The van der Waals surface area contributed by atoms with Gasteiger partial charge in [-0.1, -0.05) is 0 Å². The molecule has 10 heavy (non-hydrogen) atoms. The standard InChI is InChI=1S/C5H9ClO.CH2O2/c6-5-1-3-7-4-2-5;2-1-3/h5H,1-4H2;1H,(H,2,3). The Bertz CT molecular complexity index is 81.1. The van der Waals surface area contributed by atoms with Gasteiger partial charge in [0, 0.05) is 18.6 Å².